The number of aliphatic hydroxyl groups is 1. The molecular formula is C25H26ClNO6. The number of aliphatic hydroxyl groups excluding tert-OH is 1. The number of halogens is 1. The molecule has 2 fully saturated rings. The zero-order chi connectivity index (χ0) is 23.7. The topological polar surface area (TPSA) is 85.3 Å². The average molecular weight is 472 g/mol. The molecule has 2 aromatic carbocycles. The largest absolute Gasteiger partial charge is 0.507 e. The van der Waals surface area contributed by atoms with Gasteiger partial charge in [-0.2, -0.15) is 0 Å². The van der Waals surface area contributed by atoms with Crippen LogP contribution < -0.4 is 14.2 Å². The van der Waals surface area contributed by atoms with E-state index in [-0.39, 0.29) is 22.4 Å². The van der Waals surface area contributed by atoms with Crippen LogP contribution in [0.4, 0.5) is 0 Å². The summed E-state index contributed by atoms with van der Waals surface area (Å²) in [6.45, 7) is 0. The van der Waals surface area contributed by atoms with E-state index in [1.165, 1.54) is 27.4 Å². The number of methoxy groups -OCH3 is 3. The fourth-order valence-corrected chi connectivity index (χ4v) is 4.99. The van der Waals surface area contributed by atoms with Gasteiger partial charge in [0.15, 0.2) is 11.5 Å². The van der Waals surface area contributed by atoms with Gasteiger partial charge in [0.05, 0.1) is 38.0 Å². The summed E-state index contributed by atoms with van der Waals surface area (Å²) in [4.78, 5) is 28.0. The van der Waals surface area contributed by atoms with Crippen LogP contribution in [0.15, 0.2) is 42.0 Å². The molecule has 1 aliphatic carbocycles. The Morgan fingerprint density at radius 3 is 2.18 bits per heavy atom. The summed E-state index contributed by atoms with van der Waals surface area (Å²) in [5, 5.41) is 11.5. The number of amides is 1. The van der Waals surface area contributed by atoms with Crippen LogP contribution in [-0.4, -0.2) is 49.1 Å². The maximum Gasteiger partial charge on any atom is 0.295 e. The molecule has 1 unspecified atom stereocenters. The Labute approximate surface area is 197 Å². The van der Waals surface area contributed by atoms with E-state index in [9.17, 15) is 14.7 Å². The highest BCUT2D eigenvalue weighted by Gasteiger charge is 2.49. The van der Waals surface area contributed by atoms with Crippen molar-refractivity contribution in [2.24, 2.45) is 0 Å². The first-order valence-corrected chi connectivity index (χ1v) is 11.1. The van der Waals surface area contributed by atoms with Crippen molar-refractivity contribution in [3.63, 3.8) is 0 Å². The molecule has 0 bridgehead atoms. The summed E-state index contributed by atoms with van der Waals surface area (Å²) in [6.07, 6.45) is 3.59. The molecule has 1 saturated heterocycles. The van der Waals surface area contributed by atoms with Gasteiger partial charge in [0.1, 0.15) is 11.5 Å². The molecule has 1 amide bonds. The quantitative estimate of drug-likeness (QED) is 0.372. The number of likely N-dealkylation sites (tertiary alicyclic amines) is 1. The molecular weight excluding hydrogens is 446 g/mol. The molecule has 4 rings (SSSR count). The molecule has 1 saturated carbocycles. The molecule has 33 heavy (non-hydrogen) atoms. The summed E-state index contributed by atoms with van der Waals surface area (Å²) in [7, 11) is 4.55. The van der Waals surface area contributed by atoms with Crippen LogP contribution in [0.2, 0.25) is 5.02 Å². The fourth-order valence-electron chi connectivity index (χ4n) is 4.73. The standard InChI is InChI=1S/C25H26ClNO6/c1-31-18-10-9-15(12-17(18)26)23(28)21-22(14-8-11-19(32-2)20(13-14)33-3)27(25(30)24(21)29)16-6-4-5-7-16/h8-13,16,22,28H,4-7H2,1-3H3/b23-21-. The minimum atomic E-state index is -0.756. The monoisotopic (exact) mass is 471 g/mol. The van der Waals surface area contributed by atoms with Crippen LogP contribution in [0, 0.1) is 0 Å². The van der Waals surface area contributed by atoms with Crippen molar-refractivity contribution >= 4 is 29.1 Å². The van der Waals surface area contributed by atoms with Gasteiger partial charge in [0.2, 0.25) is 0 Å². The maximum atomic E-state index is 13.2. The van der Waals surface area contributed by atoms with Crippen molar-refractivity contribution in [1.29, 1.82) is 0 Å². The molecule has 1 N–H and O–H groups in total. The second-order valence-corrected chi connectivity index (χ2v) is 8.52. The Morgan fingerprint density at radius 1 is 0.939 bits per heavy atom. The Balaban J connectivity index is 1.90. The van der Waals surface area contributed by atoms with Crippen molar-refractivity contribution in [3.05, 3.63) is 58.1 Å². The van der Waals surface area contributed by atoms with Crippen LogP contribution in [-0.2, 0) is 9.59 Å². The summed E-state index contributed by atoms with van der Waals surface area (Å²) < 4.78 is 16.0. The van der Waals surface area contributed by atoms with Crippen LogP contribution in [0.3, 0.4) is 0 Å². The average Bonchev–Trinajstić information content (AvgIpc) is 3.44. The van der Waals surface area contributed by atoms with Gasteiger partial charge >= 0.3 is 0 Å². The summed E-state index contributed by atoms with van der Waals surface area (Å²) in [5.74, 6) is -0.163. The smallest absolute Gasteiger partial charge is 0.295 e. The third-order valence-electron chi connectivity index (χ3n) is 6.35. The second kappa shape index (κ2) is 9.35. The maximum absolute atomic E-state index is 13.2. The number of benzene rings is 2. The van der Waals surface area contributed by atoms with Gasteiger partial charge in [0, 0.05) is 11.6 Å². The Morgan fingerprint density at radius 2 is 1.58 bits per heavy atom. The van der Waals surface area contributed by atoms with Gasteiger partial charge in [0.25, 0.3) is 11.7 Å². The van der Waals surface area contributed by atoms with Crippen LogP contribution in [0.25, 0.3) is 5.76 Å². The van der Waals surface area contributed by atoms with Crippen molar-refractivity contribution in [2.75, 3.05) is 21.3 Å². The molecule has 0 aromatic heterocycles. The molecule has 0 radical (unpaired) electrons. The predicted octanol–water partition coefficient (Wildman–Crippen LogP) is 4.73. The van der Waals surface area contributed by atoms with Gasteiger partial charge in [-0.25, -0.2) is 0 Å². The Bertz CT molecular complexity index is 1120. The van der Waals surface area contributed by atoms with Gasteiger partial charge in [-0.1, -0.05) is 30.5 Å². The highest BCUT2D eigenvalue weighted by molar-refractivity contribution is 6.46. The lowest BCUT2D eigenvalue weighted by Gasteiger charge is -2.31. The lowest BCUT2D eigenvalue weighted by molar-refractivity contribution is -0.141. The van der Waals surface area contributed by atoms with E-state index in [1.807, 2.05) is 0 Å². The fraction of sp³-hybridized carbons (Fsp3) is 0.360. The van der Waals surface area contributed by atoms with Crippen molar-refractivity contribution < 1.29 is 28.9 Å². The van der Waals surface area contributed by atoms with Gasteiger partial charge in [-0.3, -0.25) is 9.59 Å². The number of carbonyl (C=O) groups is 2. The number of hydrogen-bond acceptors (Lipinski definition) is 6. The lowest BCUT2D eigenvalue weighted by atomic mass is 9.94. The van der Waals surface area contributed by atoms with E-state index >= 15 is 0 Å². The van der Waals surface area contributed by atoms with E-state index in [1.54, 1.807) is 35.2 Å². The van der Waals surface area contributed by atoms with Gasteiger partial charge in [-0.05, 0) is 48.7 Å². The molecule has 7 nitrogen and oxygen atoms in total. The number of carbonyl (C=O) groups excluding carboxylic acids is 2. The van der Waals surface area contributed by atoms with E-state index in [0.717, 1.165) is 25.7 Å². The first kappa shape index (κ1) is 23.0. The molecule has 1 atom stereocenters. The number of rotatable bonds is 6. The van der Waals surface area contributed by atoms with Crippen molar-refractivity contribution in [2.45, 2.75) is 37.8 Å². The number of hydrogen-bond donors (Lipinski definition) is 1. The van der Waals surface area contributed by atoms with Crippen LogP contribution >= 0.6 is 11.6 Å². The Kier molecular flexibility index (Phi) is 6.51. The van der Waals surface area contributed by atoms with Gasteiger partial charge < -0.3 is 24.2 Å². The highest BCUT2D eigenvalue weighted by atomic mass is 35.5. The second-order valence-electron chi connectivity index (χ2n) is 8.11. The zero-order valence-electron chi connectivity index (χ0n) is 18.8. The molecule has 174 valence electrons. The first-order valence-electron chi connectivity index (χ1n) is 10.8. The number of Topliss-reactive ketones (excluding diaryl/α,β-unsaturated/α-hetero) is 1. The first-order chi connectivity index (χ1) is 15.9. The molecule has 8 heteroatoms. The molecule has 2 aromatic rings. The van der Waals surface area contributed by atoms with Crippen molar-refractivity contribution in [3.8, 4) is 17.2 Å². The highest BCUT2D eigenvalue weighted by Crippen LogP contribution is 2.45. The third-order valence-corrected chi connectivity index (χ3v) is 6.64. The summed E-state index contributed by atoms with van der Waals surface area (Å²) in [6, 6.07) is 9.15. The van der Waals surface area contributed by atoms with Gasteiger partial charge in [-0.15, -0.1) is 0 Å². The van der Waals surface area contributed by atoms with Crippen molar-refractivity contribution in [1.82, 2.24) is 4.90 Å². The van der Waals surface area contributed by atoms with Crippen LogP contribution in [0.1, 0.15) is 42.9 Å². The van der Waals surface area contributed by atoms with E-state index < -0.39 is 17.7 Å². The molecule has 1 aliphatic heterocycles. The van der Waals surface area contributed by atoms with E-state index in [0.29, 0.717) is 28.4 Å². The Hall–Kier alpha value is -3.19. The number of nitrogens with zero attached hydrogens (tertiary/aromatic N) is 1. The summed E-state index contributed by atoms with van der Waals surface area (Å²) >= 11 is 6.25. The molecule has 2 aliphatic rings. The molecule has 1 heterocycles. The minimum absolute atomic E-state index is 0.0281. The summed E-state index contributed by atoms with van der Waals surface area (Å²) in [5.41, 5.74) is 1.01. The number of ketones is 1. The SMILES string of the molecule is COc1ccc(/C(O)=C2/C(=O)C(=O)N(C3CCCC3)C2c2ccc(OC)c(OC)c2)cc1Cl. The molecule has 0 spiro atoms. The number of ether oxygens (including phenoxy) is 3. The predicted molar refractivity (Wildman–Crippen MR) is 124 cm³/mol. The van der Waals surface area contributed by atoms with E-state index in [2.05, 4.69) is 0 Å². The van der Waals surface area contributed by atoms with Crippen LogP contribution in [0.5, 0.6) is 17.2 Å². The van der Waals surface area contributed by atoms with E-state index in [4.69, 9.17) is 25.8 Å². The normalized spacial score (nSPS) is 20.4. The zero-order valence-corrected chi connectivity index (χ0v) is 19.5. The lowest BCUT2D eigenvalue weighted by Crippen LogP contribution is -2.37. The third kappa shape index (κ3) is 4.02. The minimum Gasteiger partial charge on any atom is -0.507 e.